The van der Waals surface area contributed by atoms with Crippen molar-refractivity contribution in [1.29, 1.82) is 0 Å². The third kappa shape index (κ3) is 4.84. The lowest BCUT2D eigenvalue weighted by Crippen LogP contribution is -2.45. The van der Waals surface area contributed by atoms with Crippen molar-refractivity contribution in [2.24, 2.45) is 11.8 Å². The van der Waals surface area contributed by atoms with Gasteiger partial charge in [0.15, 0.2) is 0 Å². The highest BCUT2D eigenvalue weighted by atomic mass is 16.3. The minimum Gasteiger partial charge on any atom is -0.390 e. The lowest BCUT2D eigenvalue weighted by molar-refractivity contribution is 0.0665. The second-order valence-electron chi connectivity index (χ2n) is 8.67. The van der Waals surface area contributed by atoms with Crippen LogP contribution in [-0.2, 0) is 6.42 Å². The van der Waals surface area contributed by atoms with Crippen molar-refractivity contribution >= 4 is 5.91 Å². The third-order valence-corrected chi connectivity index (χ3v) is 5.84. The van der Waals surface area contributed by atoms with Gasteiger partial charge in [-0.1, -0.05) is 19.1 Å². The van der Waals surface area contributed by atoms with E-state index >= 15 is 0 Å². The van der Waals surface area contributed by atoms with Crippen molar-refractivity contribution in [2.45, 2.75) is 58.1 Å². The quantitative estimate of drug-likeness (QED) is 0.755. The van der Waals surface area contributed by atoms with Gasteiger partial charge in [-0.2, -0.15) is 0 Å². The van der Waals surface area contributed by atoms with Gasteiger partial charge in [0.05, 0.1) is 5.60 Å². The van der Waals surface area contributed by atoms with Crippen LogP contribution in [-0.4, -0.2) is 47.2 Å². The van der Waals surface area contributed by atoms with Crippen molar-refractivity contribution < 1.29 is 9.90 Å². The Bertz CT molecular complexity index is 618. The number of aryl methyl sites for hydroxylation is 1. The number of benzene rings is 1. The number of nitrogens with one attached hydrogen (secondary N) is 2. The molecule has 2 aliphatic rings. The van der Waals surface area contributed by atoms with E-state index in [0.29, 0.717) is 24.3 Å². The molecule has 5 heteroatoms. The standard InChI is InChI=1S/C21H33N3O2/c1-15-14-22-23-19(15)17-8-11-24(12-9-17)20(25)18-6-4-5-16(13-18)7-10-21(2,3)26/h4-6,13,15,17,19,22-23,26H,7-12,14H2,1-3H3. The van der Waals surface area contributed by atoms with Gasteiger partial charge in [-0.15, -0.1) is 0 Å². The Morgan fingerprint density at radius 1 is 1.31 bits per heavy atom. The monoisotopic (exact) mass is 359 g/mol. The number of carbonyl (C=O) groups is 1. The van der Waals surface area contributed by atoms with Crippen LogP contribution >= 0.6 is 0 Å². The summed E-state index contributed by atoms with van der Waals surface area (Å²) in [5.74, 6) is 1.43. The molecular weight excluding hydrogens is 326 g/mol. The van der Waals surface area contributed by atoms with Crippen LogP contribution in [0.3, 0.4) is 0 Å². The summed E-state index contributed by atoms with van der Waals surface area (Å²) in [6.07, 6.45) is 3.60. The molecule has 2 fully saturated rings. The average molecular weight is 360 g/mol. The molecule has 1 aromatic rings. The summed E-state index contributed by atoms with van der Waals surface area (Å²) in [7, 11) is 0. The lowest BCUT2D eigenvalue weighted by Gasteiger charge is -2.36. The molecule has 0 saturated carbocycles. The topological polar surface area (TPSA) is 64.6 Å². The molecule has 1 aromatic carbocycles. The molecule has 2 saturated heterocycles. The molecule has 2 aliphatic heterocycles. The first kappa shape index (κ1) is 19.3. The first-order valence-electron chi connectivity index (χ1n) is 9.92. The van der Waals surface area contributed by atoms with Gasteiger partial charge < -0.3 is 10.0 Å². The first-order valence-corrected chi connectivity index (χ1v) is 9.92. The van der Waals surface area contributed by atoms with Crippen molar-refractivity contribution in [1.82, 2.24) is 15.8 Å². The summed E-state index contributed by atoms with van der Waals surface area (Å²) in [4.78, 5) is 14.9. The Balaban J connectivity index is 1.56. The molecule has 0 aliphatic carbocycles. The summed E-state index contributed by atoms with van der Waals surface area (Å²) in [6, 6.07) is 8.42. The van der Waals surface area contributed by atoms with E-state index in [1.807, 2.05) is 43.0 Å². The molecule has 144 valence electrons. The van der Waals surface area contributed by atoms with Gasteiger partial charge in [0.25, 0.3) is 5.91 Å². The number of hydrazine groups is 1. The van der Waals surface area contributed by atoms with Gasteiger partial charge in [-0.05, 0) is 69.1 Å². The van der Waals surface area contributed by atoms with Crippen LogP contribution in [0, 0.1) is 11.8 Å². The van der Waals surface area contributed by atoms with Crippen molar-refractivity contribution in [3.63, 3.8) is 0 Å². The predicted octanol–water partition coefficient (Wildman–Crippen LogP) is 2.35. The van der Waals surface area contributed by atoms with Crippen molar-refractivity contribution in [3.05, 3.63) is 35.4 Å². The van der Waals surface area contributed by atoms with Crippen LogP contribution in [0.2, 0.25) is 0 Å². The molecule has 3 rings (SSSR count). The molecule has 2 heterocycles. The van der Waals surface area contributed by atoms with Crippen LogP contribution in [0.4, 0.5) is 0 Å². The lowest BCUT2D eigenvalue weighted by atomic mass is 9.84. The molecule has 0 aromatic heterocycles. The highest BCUT2D eigenvalue weighted by molar-refractivity contribution is 5.94. The molecule has 0 spiro atoms. The zero-order valence-corrected chi connectivity index (χ0v) is 16.3. The number of likely N-dealkylation sites (tertiary alicyclic amines) is 1. The van der Waals surface area contributed by atoms with E-state index in [4.69, 9.17) is 0 Å². The zero-order valence-electron chi connectivity index (χ0n) is 16.3. The Labute approximate surface area is 157 Å². The maximum absolute atomic E-state index is 12.9. The second-order valence-corrected chi connectivity index (χ2v) is 8.67. The number of hydrogen-bond acceptors (Lipinski definition) is 4. The summed E-state index contributed by atoms with van der Waals surface area (Å²) in [5.41, 5.74) is 7.88. The number of aliphatic hydroxyl groups is 1. The highest BCUT2D eigenvalue weighted by Crippen LogP contribution is 2.27. The number of rotatable bonds is 5. The van der Waals surface area contributed by atoms with Gasteiger partial charge in [0, 0.05) is 31.2 Å². The molecule has 5 nitrogen and oxygen atoms in total. The van der Waals surface area contributed by atoms with E-state index in [1.165, 1.54) is 0 Å². The van der Waals surface area contributed by atoms with E-state index in [-0.39, 0.29) is 5.91 Å². The van der Waals surface area contributed by atoms with Gasteiger partial charge >= 0.3 is 0 Å². The largest absolute Gasteiger partial charge is 0.390 e. The number of hydrogen-bond donors (Lipinski definition) is 3. The van der Waals surface area contributed by atoms with E-state index in [0.717, 1.165) is 50.0 Å². The zero-order chi connectivity index (χ0) is 18.7. The summed E-state index contributed by atoms with van der Waals surface area (Å²) < 4.78 is 0. The van der Waals surface area contributed by atoms with Gasteiger partial charge in [-0.25, -0.2) is 0 Å². The Morgan fingerprint density at radius 3 is 2.65 bits per heavy atom. The van der Waals surface area contributed by atoms with Crippen LogP contribution in [0.1, 0.15) is 56.0 Å². The van der Waals surface area contributed by atoms with Crippen LogP contribution in [0.15, 0.2) is 24.3 Å². The smallest absolute Gasteiger partial charge is 0.253 e. The fraction of sp³-hybridized carbons (Fsp3) is 0.667. The van der Waals surface area contributed by atoms with Crippen LogP contribution < -0.4 is 10.9 Å². The Kier molecular flexibility index (Phi) is 6.00. The van der Waals surface area contributed by atoms with Gasteiger partial charge in [0.1, 0.15) is 0 Å². The van der Waals surface area contributed by atoms with E-state index in [2.05, 4.69) is 17.8 Å². The van der Waals surface area contributed by atoms with Gasteiger partial charge in [-0.3, -0.25) is 15.6 Å². The van der Waals surface area contributed by atoms with Crippen molar-refractivity contribution in [2.75, 3.05) is 19.6 Å². The molecule has 1 amide bonds. The molecule has 0 bridgehead atoms. The molecule has 26 heavy (non-hydrogen) atoms. The SMILES string of the molecule is CC1CNNC1C1CCN(C(=O)c2cccc(CCC(C)(C)O)c2)CC1. The predicted molar refractivity (Wildman–Crippen MR) is 104 cm³/mol. The summed E-state index contributed by atoms with van der Waals surface area (Å²) in [5, 5.41) is 9.91. The maximum Gasteiger partial charge on any atom is 0.253 e. The molecule has 2 atom stereocenters. The number of piperidine rings is 1. The molecule has 0 radical (unpaired) electrons. The van der Waals surface area contributed by atoms with E-state index in [1.54, 1.807) is 0 Å². The molecular formula is C21H33N3O2. The Morgan fingerprint density at radius 2 is 2.04 bits per heavy atom. The minimum absolute atomic E-state index is 0.138. The molecule has 2 unspecified atom stereocenters. The second kappa shape index (κ2) is 8.07. The molecule has 3 N–H and O–H groups in total. The number of amides is 1. The summed E-state index contributed by atoms with van der Waals surface area (Å²) >= 11 is 0. The van der Waals surface area contributed by atoms with Crippen LogP contribution in [0.25, 0.3) is 0 Å². The third-order valence-electron chi connectivity index (χ3n) is 5.84. The van der Waals surface area contributed by atoms with Crippen LogP contribution in [0.5, 0.6) is 0 Å². The summed E-state index contributed by atoms with van der Waals surface area (Å²) in [6.45, 7) is 8.63. The van der Waals surface area contributed by atoms with E-state index in [9.17, 15) is 9.90 Å². The first-order chi connectivity index (χ1) is 12.3. The van der Waals surface area contributed by atoms with E-state index < -0.39 is 5.60 Å². The fourth-order valence-electron chi connectivity index (χ4n) is 4.14. The van der Waals surface area contributed by atoms with Crippen molar-refractivity contribution in [3.8, 4) is 0 Å². The minimum atomic E-state index is -0.678. The number of nitrogens with zero attached hydrogens (tertiary/aromatic N) is 1. The number of carbonyl (C=O) groups excluding carboxylic acids is 1. The Hall–Kier alpha value is -1.43. The maximum atomic E-state index is 12.9. The normalized spacial score (nSPS) is 24.8. The average Bonchev–Trinajstić information content (AvgIpc) is 3.05. The highest BCUT2D eigenvalue weighted by Gasteiger charge is 2.34. The van der Waals surface area contributed by atoms with Gasteiger partial charge in [0.2, 0.25) is 0 Å². The fourth-order valence-corrected chi connectivity index (χ4v) is 4.14.